The van der Waals surface area contributed by atoms with E-state index in [0.717, 1.165) is 36.0 Å². The molecule has 0 fully saturated rings. The third-order valence-electron chi connectivity index (χ3n) is 5.30. The Morgan fingerprint density at radius 1 is 1.00 bits per heavy atom. The molecule has 0 radical (unpaired) electrons. The van der Waals surface area contributed by atoms with Crippen LogP contribution >= 0.6 is 15.9 Å². The van der Waals surface area contributed by atoms with Crippen LogP contribution in [-0.2, 0) is 22.7 Å². The van der Waals surface area contributed by atoms with Gasteiger partial charge in [-0.2, -0.15) is 0 Å². The number of aromatic nitrogens is 1. The van der Waals surface area contributed by atoms with E-state index < -0.39 is 0 Å². The maximum Gasteiger partial charge on any atom is 0.242 e. The van der Waals surface area contributed by atoms with Crippen molar-refractivity contribution in [3.63, 3.8) is 0 Å². The summed E-state index contributed by atoms with van der Waals surface area (Å²) in [7, 11) is 0. The van der Waals surface area contributed by atoms with E-state index in [1.807, 2.05) is 43.9 Å². The first-order valence-corrected chi connectivity index (χ1v) is 12.1. The van der Waals surface area contributed by atoms with Gasteiger partial charge in [-0.1, -0.05) is 62.2 Å². The lowest BCUT2D eigenvalue weighted by Gasteiger charge is -2.29. The van der Waals surface area contributed by atoms with Gasteiger partial charge in [-0.3, -0.25) is 9.59 Å². The van der Waals surface area contributed by atoms with Crippen LogP contribution in [0.5, 0.6) is 0 Å². The molecule has 1 aromatic heterocycles. The summed E-state index contributed by atoms with van der Waals surface area (Å²) in [4.78, 5) is 29.4. The maximum atomic E-state index is 13.2. The largest absolute Gasteiger partial charge is 0.345 e. The van der Waals surface area contributed by atoms with Gasteiger partial charge in [0.2, 0.25) is 11.8 Å². The highest BCUT2D eigenvalue weighted by atomic mass is 79.9. The van der Waals surface area contributed by atoms with E-state index in [4.69, 9.17) is 0 Å². The maximum absolute atomic E-state index is 13.2. The fraction of sp³-hybridized carbons (Fsp3) is 0.520. The van der Waals surface area contributed by atoms with Crippen LogP contribution in [0.2, 0.25) is 0 Å². The Kier molecular flexibility index (Phi) is 10.3. The molecule has 2 aromatic rings. The molecule has 0 spiro atoms. The average Bonchev–Trinajstić information content (AvgIpc) is 3.18. The molecule has 0 unspecified atom stereocenters. The number of carbonyl (C=O) groups is 2. The molecule has 31 heavy (non-hydrogen) atoms. The van der Waals surface area contributed by atoms with Crippen molar-refractivity contribution in [1.82, 2.24) is 14.4 Å². The van der Waals surface area contributed by atoms with Crippen LogP contribution in [0.25, 0.3) is 0 Å². The third kappa shape index (κ3) is 7.84. The molecular weight excluding hydrogens is 454 g/mol. The molecule has 1 heterocycles. The van der Waals surface area contributed by atoms with Crippen molar-refractivity contribution in [3.05, 3.63) is 58.3 Å². The second-order valence-corrected chi connectivity index (χ2v) is 9.25. The van der Waals surface area contributed by atoms with Crippen LogP contribution in [0.4, 0.5) is 0 Å². The van der Waals surface area contributed by atoms with Gasteiger partial charge in [0.1, 0.15) is 0 Å². The van der Waals surface area contributed by atoms with Crippen molar-refractivity contribution < 1.29 is 9.59 Å². The average molecular weight is 490 g/mol. The molecule has 2 amide bonds. The zero-order chi connectivity index (χ0) is 22.8. The molecule has 0 N–H and O–H groups in total. The van der Waals surface area contributed by atoms with E-state index in [0.29, 0.717) is 19.6 Å². The Bertz CT molecular complexity index is 830. The zero-order valence-corrected chi connectivity index (χ0v) is 20.9. The van der Waals surface area contributed by atoms with Gasteiger partial charge in [0, 0.05) is 41.9 Å². The van der Waals surface area contributed by atoms with E-state index in [1.54, 1.807) is 4.90 Å². The molecule has 170 valence electrons. The van der Waals surface area contributed by atoms with Crippen LogP contribution in [0.3, 0.4) is 0 Å². The first kappa shape index (κ1) is 25.2. The van der Waals surface area contributed by atoms with Gasteiger partial charge in [0.05, 0.1) is 13.1 Å². The minimum absolute atomic E-state index is 0.0206. The molecule has 0 aliphatic heterocycles. The number of benzene rings is 1. The predicted octanol–water partition coefficient (Wildman–Crippen LogP) is 5.32. The number of carbonyl (C=O) groups excluding carboxylic acids is 2. The molecule has 0 aliphatic rings. The zero-order valence-electron chi connectivity index (χ0n) is 19.3. The summed E-state index contributed by atoms with van der Waals surface area (Å²) >= 11 is 3.48. The predicted molar refractivity (Wildman–Crippen MR) is 130 cm³/mol. The molecule has 5 nitrogen and oxygen atoms in total. The lowest BCUT2D eigenvalue weighted by molar-refractivity contribution is -0.142. The van der Waals surface area contributed by atoms with Crippen LogP contribution in [0.1, 0.15) is 58.2 Å². The van der Waals surface area contributed by atoms with Crippen molar-refractivity contribution in [1.29, 1.82) is 0 Å². The van der Waals surface area contributed by atoms with Crippen LogP contribution in [0.15, 0.2) is 47.1 Å². The summed E-state index contributed by atoms with van der Waals surface area (Å²) in [6.07, 6.45) is 4.88. The first-order chi connectivity index (χ1) is 14.8. The lowest BCUT2D eigenvalue weighted by Crippen LogP contribution is -2.44. The Balaban J connectivity index is 2.13. The van der Waals surface area contributed by atoms with E-state index in [1.165, 1.54) is 5.56 Å². The van der Waals surface area contributed by atoms with E-state index in [2.05, 4.69) is 51.8 Å². The van der Waals surface area contributed by atoms with Crippen molar-refractivity contribution in [3.8, 4) is 0 Å². The topological polar surface area (TPSA) is 45.6 Å². The summed E-state index contributed by atoms with van der Waals surface area (Å²) < 4.78 is 3.26. The molecule has 0 bridgehead atoms. The SMILES string of the molecule is CCCCN(Cc1cccn1Cc1ccc(Br)cc1)C(=O)CN(CCC)C(=O)C(C)C. The Morgan fingerprint density at radius 3 is 2.32 bits per heavy atom. The molecule has 6 heteroatoms. The van der Waals surface area contributed by atoms with Crippen molar-refractivity contribution >= 4 is 27.7 Å². The second-order valence-electron chi connectivity index (χ2n) is 8.34. The second kappa shape index (κ2) is 12.7. The van der Waals surface area contributed by atoms with Crippen LogP contribution in [0, 0.1) is 5.92 Å². The molecule has 0 saturated heterocycles. The highest BCUT2D eigenvalue weighted by Crippen LogP contribution is 2.15. The fourth-order valence-corrected chi connectivity index (χ4v) is 3.80. The third-order valence-corrected chi connectivity index (χ3v) is 5.83. The number of halogens is 1. The number of nitrogens with zero attached hydrogens (tertiary/aromatic N) is 3. The number of hydrogen-bond donors (Lipinski definition) is 0. The standard InChI is InChI=1S/C25H36BrN3O2/c1-5-7-15-28(24(30)19-29(14-6-2)25(31)20(3)4)18-23-9-8-16-27(23)17-21-10-12-22(26)13-11-21/h8-13,16,20H,5-7,14-15,17-19H2,1-4H3. The fourth-order valence-electron chi connectivity index (χ4n) is 3.54. The summed E-state index contributed by atoms with van der Waals surface area (Å²) in [5, 5.41) is 0. The van der Waals surface area contributed by atoms with Gasteiger partial charge in [-0.25, -0.2) is 0 Å². The number of amides is 2. The number of hydrogen-bond acceptors (Lipinski definition) is 2. The van der Waals surface area contributed by atoms with Gasteiger partial charge in [0.15, 0.2) is 0 Å². The van der Waals surface area contributed by atoms with Crippen molar-refractivity contribution in [2.24, 2.45) is 5.92 Å². The van der Waals surface area contributed by atoms with Gasteiger partial charge in [-0.15, -0.1) is 0 Å². The molecule has 0 saturated carbocycles. The molecule has 0 atom stereocenters. The Labute approximate surface area is 195 Å². The monoisotopic (exact) mass is 489 g/mol. The van der Waals surface area contributed by atoms with Crippen molar-refractivity contribution in [2.75, 3.05) is 19.6 Å². The molecular formula is C25H36BrN3O2. The molecule has 0 aliphatic carbocycles. The number of unbranched alkanes of at least 4 members (excludes halogenated alkanes) is 1. The Morgan fingerprint density at radius 2 is 1.71 bits per heavy atom. The lowest BCUT2D eigenvalue weighted by atomic mass is 10.2. The van der Waals surface area contributed by atoms with Gasteiger partial charge >= 0.3 is 0 Å². The first-order valence-electron chi connectivity index (χ1n) is 11.3. The van der Waals surface area contributed by atoms with Crippen LogP contribution < -0.4 is 0 Å². The molecule has 2 rings (SSSR count). The summed E-state index contributed by atoms with van der Waals surface area (Å²) in [5.74, 6) is -0.0388. The van der Waals surface area contributed by atoms with Crippen LogP contribution in [-0.4, -0.2) is 45.8 Å². The van der Waals surface area contributed by atoms with E-state index in [-0.39, 0.29) is 24.3 Å². The minimum atomic E-state index is -0.105. The van der Waals surface area contributed by atoms with Gasteiger partial charge in [0.25, 0.3) is 0 Å². The smallest absolute Gasteiger partial charge is 0.242 e. The van der Waals surface area contributed by atoms with Gasteiger partial charge in [-0.05, 0) is 42.7 Å². The highest BCUT2D eigenvalue weighted by Gasteiger charge is 2.23. The summed E-state index contributed by atoms with van der Waals surface area (Å²) in [6, 6.07) is 12.4. The van der Waals surface area contributed by atoms with E-state index in [9.17, 15) is 9.59 Å². The normalized spacial score (nSPS) is 11.0. The highest BCUT2D eigenvalue weighted by molar-refractivity contribution is 9.10. The summed E-state index contributed by atoms with van der Waals surface area (Å²) in [6.45, 7) is 10.7. The van der Waals surface area contributed by atoms with E-state index >= 15 is 0 Å². The minimum Gasteiger partial charge on any atom is -0.345 e. The summed E-state index contributed by atoms with van der Waals surface area (Å²) in [5.41, 5.74) is 2.31. The van der Waals surface area contributed by atoms with Gasteiger partial charge < -0.3 is 14.4 Å². The molecule has 1 aromatic carbocycles. The quantitative estimate of drug-likeness (QED) is 0.404. The Hall–Kier alpha value is -2.08. The van der Waals surface area contributed by atoms with Crippen molar-refractivity contribution in [2.45, 2.75) is 60.0 Å². The number of rotatable bonds is 12.